The molecule has 5 heteroatoms. The predicted octanol–water partition coefficient (Wildman–Crippen LogP) is 3.61. The van der Waals surface area contributed by atoms with Crippen LogP contribution in [0.4, 0.5) is 5.69 Å². The van der Waals surface area contributed by atoms with Crippen molar-refractivity contribution in [2.24, 2.45) is 0 Å². The zero-order chi connectivity index (χ0) is 14.7. The van der Waals surface area contributed by atoms with Gasteiger partial charge in [0.25, 0.3) is 5.91 Å². The molecule has 1 aromatic carbocycles. The Balaban J connectivity index is 2.29. The lowest BCUT2D eigenvalue weighted by atomic mass is 10.1. The first-order chi connectivity index (χ1) is 9.52. The van der Waals surface area contributed by atoms with Crippen molar-refractivity contribution in [3.63, 3.8) is 0 Å². The van der Waals surface area contributed by atoms with E-state index in [-0.39, 0.29) is 16.8 Å². The topological polar surface area (TPSA) is 51.2 Å². The van der Waals surface area contributed by atoms with E-state index >= 15 is 0 Å². The highest BCUT2D eigenvalue weighted by Gasteiger charge is 2.12. The number of nitrogens with one attached hydrogen (secondary N) is 1. The molecule has 104 valence electrons. The number of benzene rings is 1. The summed E-state index contributed by atoms with van der Waals surface area (Å²) in [5.41, 5.74) is 2.86. The van der Waals surface area contributed by atoms with Crippen molar-refractivity contribution in [3.05, 3.63) is 52.3 Å². The third kappa shape index (κ3) is 2.91. The van der Waals surface area contributed by atoms with Crippen molar-refractivity contribution in [2.45, 2.75) is 13.8 Å². The molecule has 0 saturated heterocycles. The van der Waals surface area contributed by atoms with Crippen molar-refractivity contribution >= 4 is 23.2 Å². The second kappa shape index (κ2) is 5.92. The molecule has 1 N–H and O–H groups in total. The first kappa shape index (κ1) is 14.3. The minimum Gasteiger partial charge on any atom is -0.496 e. The van der Waals surface area contributed by atoms with Crippen LogP contribution >= 0.6 is 11.6 Å². The van der Waals surface area contributed by atoms with Crippen molar-refractivity contribution in [2.75, 3.05) is 12.4 Å². The summed E-state index contributed by atoms with van der Waals surface area (Å²) < 4.78 is 5.33. The smallest absolute Gasteiger partial charge is 0.274 e. The zero-order valence-electron chi connectivity index (χ0n) is 11.5. The molecule has 0 fully saturated rings. The van der Waals surface area contributed by atoms with Gasteiger partial charge in [-0.3, -0.25) is 4.79 Å². The number of amides is 1. The van der Waals surface area contributed by atoms with Crippen LogP contribution in [-0.4, -0.2) is 18.0 Å². The van der Waals surface area contributed by atoms with Crippen LogP contribution in [0.15, 0.2) is 30.3 Å². The number of rotatable bonds is 3. The minimum absolute atomic E-state index is 0.274. The lowest BCUT2D eigenvalue weighted by Gasteiger charge is -2.13. The number of halogens is 1. The average Bonchev–Trinajstić information content (AvgIpc) is 2.42. The quantitative estimate of drug-likeness (QED) is 0.879. The lowest BCUT2D eigenvalue weighted by molar-refractivity contribution is 0.102. The first-order valence-electron chi connectivity index (χ1n) is 6.11. The van der Waals surface area contributed by atoms with Gasteiger partial charge in [0, 0.05) is 11.3 Å². The van der Waals surface area contributed by atoms with E-state index in [1.165, 1.54) is 0 Å². The number of hydrogen-bond donors (Lipinski definition) is 1. The number of anilines is 1. The third-order valence-corrected chi connectivity index (χ3v) is 3.21. The fraction of sp³-hybridized carbons (Fsp3) is 0.200. The van der Waals surface area contributed by atoms with Gasteiger partial charge in [0.05, 0.1) is 7.11 Å². The van der Waals surface area contributed by atoms with Gasteiger partial charge in [0.15, 0.2) is 0 Å². The maximum atomic E-state index is 12.1. The van der Waals surface area contributed by atoms with E-state index < -0.39 is 0 Å². The first-order valence-corrected chi connectivity index (χ1v) is 6.49. The maximum Gasteiger partial charge on any atom is 0.274 e. The van der Waals surface area contributed by atoms with Gasteiger partial charge >= 0.3 is 0 Å². The van der Waals surface area contributed by atoms with Gasteiger partial charge in [0.1, 0.15) is 16.6 Å². The Bertz CT molecular complexity index is 656. The van der Waals surface area contributed by atoms with Gasteiger partial charge in [0.2, 0.25) is 0 Å². The Morgan fingerprint density at radius 1 is 1.25 bits per heavy atom. The largest absolute Gasteiger partial charge is 0.496 e. The van der Waals surface area contributed by atoms with E-state index in [4.69, 9.17) is 16.3 Å². The standard InChI is InChI=1S/C15H15ClN2O2/c1-9-7-8-11(10(2)14(9)20-3)18-15(19)12-5-4-6-13(16)17-12/h4-8H,1-3H3,(H,18,19). The predicted molar refractivity (Wildman–Crippen MR) is 79.7 cm³/mol. The highest BCUT2D eigenvalue weighted by molar-refractivity contribution is 6.29. The normalized spacial score (nSPS) is 10.2. The van der Waals surface area contributed by atoms with Gasteiger partial charge in [-0.15, -0.1) is 0 Å². The number of methoxy groups -OCH3 is 1. The summed E-state index contributed by atoms with van der Waals surface area (Å²) in [4.78, 5) is 16.1. The molecule has 1 amide bonds. The molecule has 4 nitrogen and oxygen atoms in total. The summed E-state index contributed by atoms with van der Waals surface area (Å²) in [6, 6.07) is 8.66. The number of nitrogens with zero attached hydrogens (tertiary/aromatic N) is 1. The fourth-order valence-corrected chi connectivity index (χ4v) is 2.16. The summed E-state index contributed by atoms with van der Waals surface area (Å²) in [6.45, 7) is 3.85. The number of pyridine rings is 1. The maximum absolute atomic E-state index is 12.1. The van der Waals surface area contributed by atoms with Crippen molar-refractivity contribution in [1.29, 1.82) is 0 Å². The van der Waals surface area contributed by atoms with E-state index in [1.54, 1.807) is 25.3 Å². The molecule has 0 aliphatic carbocycles. The molecular weight excluding hydrogens is 276 g/mol. The highest BCUT2D eigenvalue weighted by Crippen LogP contribution is 2.29. The van der Waals surface area contributed by atoms with E-state index in [2.05, 4.69) is 10.3 Å². The number of aromatic nitrogens is 1. The monoisotopic (exact) mass is 290 g/mol. The average molecular weight is 291 g/mol. The summed E-state index contributed by atoms with van der Waals surface area (Å²) in [5.74, 6) is 0.461. The molecule has 2 rings (SSSR count). The lowest BCUT2D eigenvalue weighted by Crippen LogP contribution is -2.14. The van der Waals surface area contributed by atoms with E-state index in [0.717, 1.165) is 16.9 Å². The van der Waals surface area contributed by atoms with Crippen LogP contribution in [-0.2, 0) is 0 Å². The van der Waals surface area contributed by atoms with Crippen LogP contribution in [0.2, 0.25) is 5.15 Å². The minimum atomic E-state index is -0.304. The van der Waals surface area contributed by atoms with Gasteiger partial charge in [-0.1, -0.05) is 23.7 Å². The molecule has 0 unspecified atom stereocenters. The molecule has 2 aromatic rings. The van der Waals surface area contributed by atoms with Crippen LogP contribution in [0.3, 0.4) is 0 Å². The molecular formula is C15H15ClN2O2. The summed E-state index contributed by atoms with van der Waals surface area (Å²) in [6.07, 6.45) is 0. The van der Waals surface area contributed by atoms with Gasteiger partial charge in [-0.05, 0) is 37.6 Å². The molecule has 20 heavy (non-hydrogen) atoms. The van der Waals surface area contributed by atoms with Crippen molar-refractivity contribution in [3.8, 4) is 5.75 Å². The van der Waals surface area contributed by atoms with Gasteiger partial charge in [-0.2, -0.15) is 0 Å². The highest BCUT2D eigenvalue weighted by atomic mass is 35.5. The Labute approximate surface area is 122 Å². The van der Waals surface area contributed by atoms with Gasteiger partial charge < -0.3 is 10.1 Å². The number of ether oxygens (including phenoxy) is 1. The summed E-state index contributed by atoms with van der Waals surface area (Å²) in [5, 5.41) is 3.10. The molecule has 0 radical (unpaired) electrons. The van der Waals surface area contributed by atoms with Crippen molar-refractivity contribution in [1.82, 2.24) is 4.98 Å². The number of carbonyl (C=O) groups excluding carboxylic acids is 1. The number of carbonyl (C=O) groups is 1. The molecule has 0 atom stereocenters. The summed E-state index contributed by atoms with van der Waals surface area (Å²) >= 11 is 5.78. The van der Waals surface area contributed by atoms with E-state index in [0.29, 0.717) is 5.69 Å². The Morgan fingerprint density at radius 3 is 2.65 bits per heavy atom. The zero-order valence-corrected chi connectivity index (χ0v) is 12.3. The second-order valence-electron chi connectivity index (χ2n) is 4.39. The van der Waals surface area contributed by atoms with Crippen LogP contribution in [0.5, 0.6) is 5.75 Å². The van der Waals surface area contributed by atoms with E-state index in [1.807, 2.05) is 26.0 Å². The molecule has 0 spiro atoms. The fourth-order valence-electron chi connectivity index (χ4n) is 2.00. The van der Waals surface area contributed by atoms with Crippen LogP contribution in [0.1, 0.15) is 21.6 Å². The number of hydrogen-bond acceptors (Lipinski definition) is 3. The molecule has 1 aromatic heterocycles. The molecule has 1 heterocycles. The number of aryl methyl sites for hydroxylation is 1. The van der Waals surface area contributed by atoms with Gasteiger partial charge in [-0.25, -0.2) is 4.98 Å². The van der Waals surface area contributed by atoms with Crippen LogP contribution < -0.4 is 10.1 Å². The summed E-state index contributed by atoms with van der Waals surface area (Å²) in [7, 11) is 1.61. The van der Waals surface area contributed by atoms with Crippen LogP contribution in [0, 0.1) is 13.8 Å². The Kier molecular flexibility index (Phi) is 4.25. The SMILES string of the molecule is COc1c(C)ccc(NC(=O)c2cccc(Cl)n2)c1C. The Hall–Kier alpha value is -2.07. The molecule has 0 bridgehead atoms. The molecule has 0 aliphatic heterocycles. The van der Waals surface area contributed by atoms with E-state index in [9.17, 15) is 4.79 Å². The molecule has 0 saturated carbocycles. The van der Waals surface area contributed by atoms with Crippen molar-refractivity contribution < 1.29 is 9.53 Å². The molecule has 0 aliphatic rings. The van der Waals surface area contributed by atoms with Crippen LogP contribution in [0.25, 0.3) is 0 Å². The Morgan fingerprint density at radius 2 is 2.00 bits per heavy atom. The second-order valence-corrected chi connectivity index (χ2v) is 4.78. The third-order valence-electron chi connectivity index (χ3n) is 3.00.